The van der Waals surface area contributed by atoms with Crippen molar-refractivity contribution in [2.24, 2.45) is 5.92 Å². The van der Waals surface area contributed by atoms with E-state index in [0.29, 0.717) is 17.3 Å². The van der Waals surface area contributed by atoms with Crippen LogP contribution in [0.15, 0.2) is 5.38 Å². The number of aromatic nitrogens is 1. The van der Waals surface area contributed by atoms with Gasteiger partial charge < -0.3 is 9.84 Å². The van der Waals surface area contributed by atoms with Crippen LogP contribution in [0.4, 0.5) is 0 Å². The smallest absolute Gasteiger partial charge is 0.358 e. The number of carbonyl (C=O) groups excluding carboxylic acids is 1. The quantitative estimate of drug-likeness (QED) is 0.854. The highest BCUT2D eigenvalue weighted by Crippen LogP contribution is 2.25. The summed E-state index contributed by atoms with van der Waals surface area (Å²) >= 11 is 1.29. The molecule has 0 amide bonds. The highest BCUT2D eigenvalue weighted by molar-refractivity contribution is 7.09. The molecule has 5 heteroatoms. The van der Waals surface area contributed by atoms with Crippen LogP contribution in [0.3, 0.4) is 0 Å². The number of hydrogen-bond acceptors (Lipinski definition) is 5. The molecule has 0 fully saturated rings. The molecule has 0 aliphatic carbocycles. The number of thiazole rings is 1. The summed E-state index contributed by atoms with van der Waals surface area (Å²) in [7, 11) is 0. The van der Waals surface area contributed by atoms with E-state index in [0.717, 1.165) is 0 Å². The number of rotatable bonds is 4. The zero-order chi connectivity index (χ0) is 13.9. The average Bonchev–Trinajstić information content (AvgIpc) is 2.61. The van der Waals surface area contributed by atoms with Gasteiger partial charge >= 0.3 is 5.97 Å². The molecule has 1 aromatic rings. The SMILES string of the molecule is CC(C)C[C@@H](O)c1nc(C(=O)OC(C)(C)C)cs1. The molecule has 0 saturated carbocycles. The van der Waals surface area contributed by atoms with Crippen molar-refractivity contribution in [1.29, 1.82) is 0 Å². The zero-order valence-corrected chi connectivity index (χ0v) is 12.4. The van der Waals surface area contributed by atoms with Gasteiger partial charge in [0.15, 0.2) is 5.69 Å². The minimum absolute atomic E-state index is 0.271. The van der Waals surface area contributed by atoms with Gasteiger partial charge in [-0.2, -0.15) is 0 Å². The van der Waals surface area contributed by atoms with Crippen molar-refractivity contribution in [2.45, 2.75) is 52.7 Å². The van der Waals surface area contributed by atoms with Crippen molar-refractivity contribution in [2.75, 3.05) is 0 Å². The topological polar surface area (TPSA) is 59.4 Å². The van der Waals surface area contributed by atoms with Crippen LogP contribution in [0.25, 0.3) is 0 Å². The third kappa shape index (κ3) is 4.74. The van der Waals surface area contributed by atoms with Crippen molar-refractivity contribution in [3.63, 3.8) is 0 Å². The molecule has 102 valence electrons. The van der Waals surface area contributed by atoms with E-state index < -0.39 is 17.7 Å². The molecule has 1 rings (SSSR count). The first-order valence-electron chi connectivity index (χ1n) is 6.06. The summed E-state index contributed by atoms with van der Waals surface area (Å²) in [5, 5.41) is 12.1. The van der Waals surface area contributed by atoms with Gasteiger partial charge in [-0.15, -0.1) is 11.3 Å². The Morgan fingerprint density at radius 1 is 1.50 bits per heavy atom. The molecule has 0 aliphatic rings. The van der Waals surface area contributed by atoms with Gasteiger partial charge in [-0.1, -0.05) is 13.8 Å². The Kier molecular flexibility index (Phi) is 4.87. The van der Waals surface area contributed by atoms with Gasteiger partial charge in [0.2, 0.25) is 0 Å². The highest BCUT2D eigenvalue weighted by Gasteiger charge is 2.22. The molecule has 0 aromatic carbocycles. The van der Waals surface area contributed by atoms with Gasteiger partial charge in [0.25, 0.3) is 0 Å². The first-order valence-corrected chi connectivity index (χ1v) is 6.94. The molecular formula is C13H21NO3S. The lowest BCUT2D eigenvalue weighted by Gasteiger charge is -2.18. The molecular weight excluding hydrogens is 250 g/mol. The monoisotopic (exact) mass is 271 g/mol. The second-order valence-electron chi connectivity index (χ2n) is 5.72. The molecule has 0 unspecified atom stereocenters. The van der Waals surface area contributed by atoms with Gasteiger partial charge in [-0.05, 0) is 33.1 Å². The lowest BCUT2D eigenvalue weighted by atomic mass is 10.1. The van der Waals surface area contributed by atoms with Gasteiger partial charge in [-0.3, -0.25) is 0 Å². The molecule has 0 saturated heterocycles. The number of aliphatic hydroxyl groups is 1. The molecule has 1 aromatic heterocycles. The van der Waals surface area contributed by atoms with Gasteiger partial charge in [0.1, 0.15) is 16.7 Å². The van der Waals surface area contributed by atoms with Gasteiger partial charge in [-0.25, -0.2) is 9.78 Å². The Morgan fingerprint density at radius 3 is 2.61 bits per heavy atom. The van der Waals surface area contributed by atoms with E-state index in [1.54, 1.807) is 5.38 Å². The van der Waals surface area contributed by atoms with Crippen molar-refractivity contribution in [3.05, 3.63) is 16.1 Å². The first kappa shape index (κ1) is 15.1. The van der Waals surface area contributed by atoms with Crippen molar-refractivity contribution in [3.8, 4) is 0 Å². The predicted octanol–water partition coefficient (Wildman–Crippen LogP) is 3.18. The van der Waals surface area contributed by atoms with E-state index in [2.05, 4.69) is 4.98 Å². The Bertz CT molecular complexity index is 407. The fourth-order valence-electron chi connectivity index (χ4n) is 1.41. The van der Waals surface area contributed by atoms with Crippen molar-refractivity contribution >= 4 is 17.3 Å². The number of carbonyl (C=O) groups is 1. The standard InChI is InChI=1S/C13H21NO3S/c1-8(2)6-10(15)11-14-9(7-18-11)12(16)17-13(3,4)5/h7-8,10,15H,6H2,1-5H3/t10-/m1/s1. The predicted molar refractivity (Wildman–Crippen MR) is 71.7 cm³/mol. The normalized spacial score (nSPS) is 13.7. The van der Waals surface area contributed by atoms with E-state index in [4.69, 9.17) is 4.74 Å². The summed E-state index contributed by atoms with van der Waals surface area (Å²) in [6, 6.07) is 0. The summed E-state index contributed by atoms with van der Waals surface area (Å²) in [6.07, 6.45) is 0.0348. The van der Waals surface area contributed by atoms with Crippen LogP contribution in [0.5, 0.6) is 0 Å². The molecule has 0 bridgehead atoms. The van der Waals surface area contributed by atoms with Crippen LogP contribution in [0.1, 0.15) is 62.6 Å². The van der Waals surface area contributed by atoms with Crippen LogP contribution < -0.4 is 0 Å². The summed E-state index contributed by atoms with van der Waals surface area (Å²) in [6.45, 7) is 9.50. The van der Waals surface area contributed by atoms with E-state index in [-0.39, 0.29) is 5.69 Å². The van der Waals surface area contributed by atoms with Crippen molar-refractivity contribution in [1.82, 2.24) is 4.98 Å². The summed E-state index contributed by atoms with van der Waals surface area (Å²) < 4.78 is 5.22. The van der Waals surface area contributed by atoms with Gasteiger partial charge in [0.05, 0.1) is 0 Å². The molecule has 0 radical (unpaired) electrons. The lowest BCUT2D eigenvalue weighted by Crippen LogP contribution is -2.24. The minimum atomic E-state index is -0.605. The van der Waals surface area contributed by atoms with E-state index in [9.17, 15) is 9.90 Å². The van der Waals surface area contributed by atoms with Crippen LogP contribution in [-0.2, 0) is 4.74 Å². The third-order valence-electron chi connectivity index (χ3n) is 2.11. The third-order valence-corrected chi connectivity index (χ3v) is 3.06. The summed E-state index contributed by atoms with van der Waals surface area (Å²) in [5.74, 6) is -0.0596. The molecule has 1 N–H and O–H groups in total. The van der Waals surface area contributed by atoms with E-state index in [1.807, 2.05) is 34.6 Å². The maximum Gasteiger partial charge on any atom is 0.358 e. The van der Waals surface area contributed by atoms with Crippen molar-refractivity contribution < 1.29 is 14.6 Å². The Hall–Kier alpha value is -0.940. The number of hydrogen-bond donors (Lipinski definition) is 1. The van der Waals surface area contributed by atoms with Crippen LogP contribution in [-0.4, -0.2) is 21.7 Å². The van der Waals surface area contributed by atoms with Gasteiger partial charge in [0, 0.05) is 5.38 Å². The lowest BCUT2D eigenvalue weighted by molar-refractivity contribution is 0.00632. The zero-order valence-electron chi connectivity index (χ0n) is 11.6. The molecule has 1 heterocycles. The molecule has 1 atom stereocenters. The molecule has 0 aliphatic heterocycles. The summed E-state index contributed by atoms with van der Waals surface area (Å²) in [5.41, 5.74) is -0.259. The number of ether oxygens (including phenoxy) is 1. The Labute approximate surface area is 112 Å². The summed E-state index contributed by atoms with van der Waals surface area (Å²) in [4.78, 5) is 15.9. The minimum Gasteiger partial charge on any atom is -0.455 e. The molecule has 18 heavy (non-hydrogen) atoms. The Morgan fingerprint density at radius 2 is 2.11 bits per heavy atom. The van der Waals surface area contributed by atoms with Crippen LogP contribution >= 0.6 is 11.3 Å². The van der Waals surface area contributed by atoms with Crippen LogP contribution in [0.2, 0.25) is 0 Å². The number of nitrogens with zero attached hydrogens (tertiary/aromatic N) is 1. The fraction of sp³-hybridized carbons (Fsp3) is 0.692. The van der Waals surface area contributed by atoms with Crippen LogP contribution in [0, 0.1) is 5.92 Å². The molecule has 4 nitrogen and oxygen atoms in total. The number of aliphatic hydroxyl groups excluding tert-OH is 1. The average molecular weight is 271 g/mol. The maximum absolute atomic E-state index is 11.8. The van der Waals surface area contributed by atoms with E-state index in [1.165, 1.54) is 11.3 Å². The second-order valence-corrected chi connectivity index (χ2v) is 6.61. The Balaban J connectivity index is 2.71. The highest BCUT2D eigenvalue weighted by atomic mass is 32.1. The second kappa shape index (κ2) is 5.80. The van der Waals surface area contributed by atoms with E-state index >= 15 is 0 Å². The largest absolute Gasteiger partial charge is 0.455 e. The molecule has 0 spiro atoms. The number of esters is 1. The first-order chi connectivity index (χ1) is 8.19. The fourth-order valence-corrected chi connectivity index (χ4v) is 2.20. The maximum atomic E-state index is 11.8.